The van der Waals surface area contributed by atoms with Gasteiger partial charge < -0.3 is 9.47 Å². The molecule has 25 heavy (non-hydrogen) atoms. The molecule has 0 aliphatic rings. The zero-order valence-corrected chi connectivity index (χ0v) is 16.3. The van der Waals surface area contributed by atoms with Gasteiger partial charge in [0, 0.05) is 25.0 Å². The highest BCUT2D eigenvalue weighted by Gasteiger charge is 2.19. The summed E-state index contributed by atoms with van der Waals surface area (Å²) in [6.45, 7) is 8.22. The van der Waals surface area contributed by atoms with Crippen molar-refractivity contribution in [3.63, 3.8) is 0 Å². The Balaban J connectivity index is 2.11. The van der Waals surface area contributed by atoms with Gasteiger partial charge in [0.2, 0.25) is 5.91 Å². The van der Waals surface area contributed by atoms with Crippen LogP contribution >= 0.6 is 11.6 Å². The molecule has 136 valence electrons. The normalized spacial score (nSPS) is 12.2. The molecule has 2 rings (SSSR count). The van der Waals surface area contributed by atoms with E-state index < -0.39 is 5.38 Å². The maximum absolute atomic E-state index is 12.5. The van der Waals surface area contributed by atoms with Gasteiger partial charge >= 0.3 is 0 Å². The van der Waals surface area contributed by atoms with Gasteiger partial charge in [-0.1, -0.05) is 49.6 Å². The van der Waals surface area contributed by atoms with Crippen molar-refractivity contribution >= 4 is 17.5 Å². The second-order valence-corrected chi connectivity index (χ2v) is 7.35. The van der Waals surface area contributed by atoms with Crippen LogP contribution in [0.25, 0.3) is 0 Å². The van der Waals surface area contributed by atoms with Gasteiger partial charge in [0.1, 0.15) is 5.38 Å². The zero-order valence-electron chi connectivity index (χ0n) is 15.5. The molecule has 1 amide bonds. The average Bonchev–Trinajstić information content (AvgIpc) is 3.00. The molecule has 1 aromatic heterocycles. The van der Waals surface area contributed by atoms with E-state index in [9.17, 15) is 4.79 Å². The van der Waals surface area contributed by atoms with Crippen molar-refractivity contribution in [1.82, 2.24) is 9.47 Å². The number of unbranched alkanes of at least 4 members (excludes halogenated alkanes) is 2. The summed E-state index contributed by atoms with van der Waals surface area (Å²) >= 11 is 6.06. The lowest BCUT2D eigenvalue weighted by Crippen LogP contribution is -2.36. The monoisotopic (exact) mass is 360 g/mol. The van der Waals surface area contributed by atoms with Gasteiger partial charge in [-0.05, 0) is 38.0 Å². The number of carbonyl (C=O) groups is 1. The van der Waals surface area contributed by atoms with Crippen LogP contribution < -0.4 is 0 Å². The second-order valence-electron chi connectivity index (χ2n) is 6.70. The van der Waals surface area contributed by atoms with Crippen LogP contribution in [0, 0.1) is 6.92 Å². The van der Waals surface area contributed by atoms with Gasteiger partial charge in [-0.25, -0.2) is 0 Å². The van der Waals surface area contributed by atoms with Gasteiger partial charge in [0.05, 0.1) is 6.54 Å². The smallest absolute Gasteiger partial charge is 0.240 e. The number of nitrogens with zero attached hydrogens (tertiary/aromatic N) is 2. The van der Waals surface area contributed by atoms with E-state index in [1.807, 2.05) is 11.0 Å². The predicted octanol–water partition coefficient (Wildman–Crippen LogP) is 4.99. The minimum absolute atomic E-state index is 0.0149. The van der Waals surface area contributed by atoms with E-state index in [-0.39, 0.29) is 5.91 Å². The van der Waals surface area contributed by atoms with Crippen molar-refractivity contribution in [2.24, 2.45) is 0 Å². The number of aromatic nitrogens is 1. The van der Waals surface area contributed by atoms with Gasteiger partial charge in [0.15, 0.2) is 0 Å². The Morgan fingerprint density at radius 1 is 1.24 bits per heavy atom. The first-order chi connectivity index (χ1) is 12.0. The number of carbonyl (C=O) groups excluding carboxylic acids is 1. The van der Waals surface area contributed by atoms with Crippen molar-refractivity contribution in [3.05, 3.63) is 59.4 Å². The molecular weight excluding hydrogens is 332 g/mol. The Labute approximate surface area is 156 Å². The highest BCUT2D eigenvalue weighted by atomic mass is 35.5. The third-order valence-corrected chi connectivity index (χ3v) is 4.58. The molecule has 0 fully saturated rings. The maximum atomic E-state index is 12.5. The van der Waals surface area contributed by atoms with Gasteiger partial charge in [0.25, 0.3) is 0 Å². The van der Waals surface area contributed by atoms with E-state index >= 15 is 0 Å². The number of benzene rings is 1. The average molecular weight is 361 g/mol. The van der Waals surface area contributed by atoms with Crippen molar-refractivity contribution in [3.8, 4) is 0 Å². The molecular formula is C21H29ClN2O. The van der Waals surface area contributed by atoms with E-state index in [0.29, 0.717) is 6.54 Å². The lowest BCUT2D eigenvalue weighted by molar-refractivity contribution is -0.131. The molecule has 0 unspecified atom stereocenters. The fourth-order valence-corrected chi connectivity index (χ4v) is 3.16. The lowest BCUT2D eigenvalue weighted by Gasteiger charge is -2.25. The van der Waals surface area contributed by atoms with Gasteiger partial charge in [-0.15, -0.1) is 11.6 Å². The fraction of sp³-hybridized carbons (Fsp3) is 0.476. The van der Waals surface area contributed by atoms with Crippen LogP contribution in [0.5, 0.6) is 0 Å². The molecule has 0 radical (unpaired) electrons. The number of hydrogen-bond acceptors (Lipinski definition) is 1. The van der Waals surface area contributed by atoms with Crippen LogP contribution in [0.4, 0.5) is 0 Å². The quantitative estimate of drug-likeness (QED) is 0.456. The standard InChI is InChI=1S/C21H29ClN2O/c1-4-5-6-12-24(21(25)18(3)22)16-20-11-8-13-23(20)15-19-10-7-9-17(2)14-19/h7-11,13-14,18H,4-6,12,15-16H2,1-3H3/t18-/m1/s1. The molecule has 0 spiro atoms. The fourth-order valence-electron chi connectivity index (χ4n) is 3.02. The lowest BCUT2D eigenvalue weighted by atomic mass is 10.1. The summed E-state index contributed by atoms with van der Waals surface area (Å²) in [6.07, 6.45) is 5.37. The molecule has 0 N–H and O–H groups in total. The highest BCUT2D eigenvalue weighted by Crippen LogP contribution is 2.14. The van der Waals surface area contributed by atoms with Crippen LogP contribution in [-0.2, 0) is 17.9 Å². The first-order valence-electron chi connectivity index (χ1n) is 9.13. The van der Waals surface area contributed by atoms with E-state index in [1.54, 1.807) is 6.92 Å². The second kappa shape index (κ2) is 9.67. The topological polar surface area (TPSA) is 25.2 Å². The molecule has 0 bridgehead atoms. The summed E-state index contributed by atoms with van der Waals surface area (Å²) in [7, 11) is 0. The minimum atomic E-state index is -0.484. The molecule has 4 heteroatoms. The highest BCUT2D eigenvalue weighted by molar-refractivity contribution is 6.30. The first kappa shape index (κ1) is 19.6. The summed E-state index contributed by atoms with van der Waals surface area (Å²) < 4.78 is 2.22. The predicted molar refractivity (Wildman–Crippen MR) is 105 cm³/mol. The zero-order chi connectivity index (χ0) is 18.2. The Morgan fingerprint density at radius 3 is 2.72 bits per heavy atom. The molecule has 1 aromatic carbocycles. The third-order valence-electron chi connectivity index (χ3n) is 4.40. The Kier molecular flexibility index (Phi) is 7.57. The van der Waals surface area contributed by atoms with Gasteiger partial charge in [-0.3, -0.25) is 4.79 Å². The minimum Gasteiger partial charge on any atom is -0.345 e. The summed E-state index contributed by atoms with van der Waals surface area (Å²) in [5, 5.41) is -0.484. The van der Waals surface area contributed by atoms with E-state index in [2.05, 4.69) is 54.9 Å². The van der Waals surface area contributed by atoms with E-state index in [0.717, 1.165) is 38.0 Å². The largest absolute Gasteiger partial charge is 0.345 e. The van der Waals surface area contributed by atoms with Crippen LogP contribution in [-0.4, -0.2) is 27.3 Å². The molecule has 0 aliphatic heterocycles. The van der Waals surface area contributed by atoms with E-state index in [1.165, 1.54) is 11.1 Å². The van der Waals surface area contributed by atoms with Crippen LogP contribution in [0.15, 0.2) is 42.6 Å². The Morgan fingerprint density at radius 2 is 2.04 bits per heavy atom. The van der Waals surface area contributed by atoms with Crippen molar-refractivity contribution < 1.29 is 4.79 Å². The van der Waals surface area contributed by atoms with Crippen LogP contribution in [0.1, 0.15) is 49.9 Å². The van der Waals surface area contributed by atoms with E-state index in [4.69, 9.17) is 11.6 Å². The molecule has 1 heterocycles. The summed E-state index contributed by atoms with van der Waals surface area (Å²) in [5.41, 5.74) is 3.68. The number of aryl methyl sites for hydroxylation is 1. The van der Waals surface area contributed by atoms with Crippen molar-refractivity contribution in [1.29, 1.82) is 0 Å². The molecule has 0 saturated heterocycles. The molecule has 3 nitrogen and oxygen atoms in total. The van der Waals surface area contributed by atoms with Gasteiger partial charge in [-0.2, -0.15) is 0 Å². The number of halogens is 1. The van der Waals surface area contributed by atoms with Crippen molar-refractivity contribution in [2.75, 3.05) is 6.54 Å². The number of alkyl halides is 1. The Hall–Kier alpha value is -1.74. The molecule has 0 aliphatic carbocycles. The SMILES string of the molecule is CCCCCN(Cc1cccn1Cc1cccc(C)c1)C(=O)[C@@H](C)Cl. The Bertz CT molecular complexity index is 678. The van der Waals surface area contributed by atoms with Crippen LogP contribution in [0.2, 0.25) is 0 Å². The third kappa shape index (κ3) is 5.93. The maximum Gasteiger partial charge on any atom is 0.240 e. The molecule has 1 atom stereocenters. The summed E-state index contributed by atoms with van der Waals surface area (Å²) in [6, 6.07) is 12.7. The molecule has 0 saturated carbocycles. The number of rotatable bonds is 9. The number of amides is 1. The van der Waals surface area contributed by atoms with Crippen molar-refractivity contribution in [2.45, 2.75) is 58.5 Å². The summed E-state index contributed by atoms with van der Waals surface area (Å²) in [5.74, 6) is 0.0149. The summed E-state index contributed by atoms with van der Waals surface area (Å²) in [4.78, 5) is 14.4. The molecule has 2 aromatic rings. The number of hydrogen-bond donors (Lipinski definition) is 0. The first-order valence-corrected chi connectivity index (χ1v) is 9.57. The van der Waals surface area contributed by atoms with Crippen LogP contribution in [0.3, 0.4) is 0 Å².